The molecule has 1 aliphatic rings. The molecule has 1 aromatic rings. The summed E-state index contributed by atoms with van der Waals surface area (Å²) >= 11 is 0. The fourth-order valence-corrected chi connectivity index (χ4v) is 2.47. The van der Waals surface area contributed by atoms with Crippen molar-refractivity contribution in [3.05, 3.63) is 35.6 Å². The number of halogens is 2. The van der Waals surface area contributed by atoms with Crippen molar-refractivity contribution in [2.24, 2.45) is 10.7 Å². The number of benzene rings is 1. The first-order chi connectivity index (χ1) is 9.69. The zero-order chi connectivity index (χ0) is 14.4. The smallest absolute Gasteiger partial charge is 0.190 e. The Kier molecular flexibility index (Phi) is 7.51. The molecule has 0 heterocycles. The van der Waals surface area contributed by atoms with E-state index in [1.54, 1.807) is 12.1 Å². The van der Waals surface area contributed by atoms with Crippen LogP contribution in [0.4, 0.5) is 4.39 Å². The van der Waals surface area contributed by atoms with Gasteiger partial charge in [0, 0.05) is 0 Å². The van der Waals surface area contributed by atoms with Crippen LogP contribution in [0.15, 0.2) is 29.3 Å². The molecule has 0 spiro atoms. The number of nitrogens with zero attached hydrogens (tertiary/aromatic N) is 1. The van der Waals surface area contributed by atoms with Crippen LogP contribution < -0.4 is 11.1 Å². The average molecular weight is 401 g/mol. The first-order valence-corrected chi connectivity index (χ1v) is 7.00. The highest BCUT2D eigenvalue weighted by Gasteiger charge is 2.14. The van der Waals surface area contributed by atoms with Crippen LogP contribution in [0.3, 0.4) is 0 Å². The van der Waals surface area contributed by atoms with Crippen molar-refractivity contribution in [1.29, 1.82) is 0 Å². The highest BCUT2D eigenvalue weighted by Crippen LogP contribution is 2.20. The van der Waals surface area contributed by atoms with Gasteiger partial charge in [-0.3, -0.25) is 4.99 Å². The minimum absolute atomic E-state index is 0. The van der Waals surface area contributed by atoms with Gasteiger partial charge in [-0.05, 0) is 30.5 Å². The summed E-state index contributed by atoms with van der Waals surface area (Å²) in [6, 6.07) is 5.98. The molecular formula is C16H21FIN3. The largest absolute Gasteiger partial charge is 0.370 e. The maximum Gasteiger partial charge on any atom is 0.190 e. The van der Waals surface area contributed by atoms with Gasteiger partial charge in [-0.1, -0.05) is 37.3 Å². The second-order valence-corrected chi connectivity index (χ2v) is 5.10. The molecule has 21 heavy (non-hydrogen) atoms. The first-order valence-electron chi connectivity index (χ1n) is 7.00. The number of rotatable bonds is 3. The predicted octanol–water partition coefficient (Wildman–Crippen LogP) is 3.36. The van der Waals surface area contributed by atoms with Crippen LogP contribution in [0.5, 0.6) is 0 Å². The van der Waals surface area contributed by atoms with Crippen molar-refractivity contribution in [3.63, 3.8) is 0 Å². The summed E-state index contributed by atoms with van der Waals surface area (Å²) < 4.78 is 12.9. The summed E-state index contributed by atoms with van der Waals surface area (Å²) in [5.41, 5.74) is 6.72. The van der Waals surface area contributed by atoms with Gasteiger partial charge in [0.15, 0.2) is 5.96 Å². The number of aliphatic imine (C=N–C) groups is 1. The molecule has 1 unspecified atom stereocenters. The maximum atomic E-state index is 12.9. The highest BCUT2D eigenvalue weighted by molar-refractivity contribution is 14.0. The third-order valence-corrected chi connectivity index (χ3v) is 3.56. The van der Waals surface area contributed by atoms with Gasteiger partial charge in [0.1, 0.15) is 11.9 Å². The Morgan fingerprint density at radius 1 is 1.29 bits per heavy atom. The van der Waals surface area contributed by atoms with Crippen molar-refractivity contribution in [2.75, 3.05) is 0 Å². The molecule has 0 saturated heterocycles. The molecule has 1 aromatic carbocycles. The fourth-order valence-electron chi connectivity index (χ4n) is 2.47. The summed E-state index contributed by atoms with van der Waals surface area (Å²) in [6.07, 6.45) is 11.4. The number of guanidine groups is 1. The van der Waals surface area contributed by atoms with E-state index in [9.17, 15) is 4.39 Å². The molecule has 0 bridgehead atoms. The van der Waals surface area contributed by atoms with E-state index in [-0.39, 0.29) is 35.8 Å². The first kappa shape index (κ1) is 17.8. The second kappa shape index (κ2) is 8.88. The lowest BCUT2D eigenvalue weighted by molar-refractivity contribution is 0.442. The predicted molar refractivity (Wildman–Crippen MR) is 95.0 cm³/mol. The number of hydrogen-bond acceptors (Lipinski definition) is 1. The van der Waals surface area contributed by atoms with E-state index in [1.165, 1.54) is 31.4 Å². The van der Waals surface area contributed by atoms with E-state index >= 15 is 0 Å². The van der Waals surface area contributed by atoms with Gasteiger partial charge >= 0.3 is 0 Å². The molecule has 1 fully saturated rings. The Hall–Kier alpha value is -1.29. The zero-order valence-electron chi connectivity index (χ0n) is 11.9. The van der Waals surface area contributed by atoms with E-state index in [2.05, 4.69) is 16.2 Å². The second-order valence-electron chi connectivity index (χ2n) is 5.10. The minimum Gasteiger partial charge on any atom is -0.370 e. The lowest BCUT2D eigenvalue weighted by Gasteiger charge is -2.20. The molecule has 0 aliphatic heterocycles. The van der Waals surface area contributed by atoms with Crippen LogP contribution in [0, 0.1) is 18.2 Å². The van der Waals surface area contributed by atoms with E-state index < -0.39 is 0 Å². The lowest BCUT2D eigenvalue weighted by atomic mass is 9.96. The number of nitrogens with one attached hydrogen (secondary N) is 1. The standard InChI is InChI=1S/C16H20FN3.HI/c1-2-15(12-8-10-13(17)11-9-12)20-16(18)19-14-6-4-3-5-7-14;/h1,8-11,14-15H,3-7H2,(H3,18,19,20);1H. The Morgan fingerprint density at radius 3 is 2.48 bits per heavy atom. The number of nitrogens with two attached hydrogens (primary N) is 1. The third-order valence-electron chi connectivity index (χ3n) is 3.56. The maximum absolute atomic E-state index is 12.9. The summed E-state index contributed by atoms with van der Waals surface area (Å²) in [6.45, 7) is 0. The van der Waals surface area contributed by atoms with Crippen molar-refractivity contribution < 1.29 is 4.39 Å². The van der Waals surface area contributed by atoms with Crippen LogP contribution in [0.25, 0.3) is 0 Å². The molecule has 114 valence electrons. The summed E-state index contributed by atoms with van der Waals surface area (Å²) in [4.78, 5) is 4.48. The molecule has 5 heteroatoms. The van der Waals surface area contributed by atoms with Gasteiger partial charge in [0.05, 0.1) is 6.04 Å². The Morgan fingerprint density at radius 2 is 1.90 bits per heavy atom. The summed E-state index contributed by atoms with van der Waals surface area (Å²) in [7, 11) is 0. The third kappa shape index (κ3) is 5.54. The normalized spacial score (nSPS) is 17.4. The van der Waals surface area contributed by atoms with Crippen LogP contribution in [0.1, 0.15) is 43.7 Å². The molecular weight excluding hydrogens is 380 g/mol. The molecule has 0 radical (unpaired) electrons. The van der Waals surface area contributed by atoms with E-state index in [0.29, 0.717) is 12.0 Å². The number of hydrogen-bond donors (Lipinski definition) is 2. The fraction of sp³-hybridized carbons (Fsp3) is 0.438. The van der Waals surface area contributed by atoms with E-state index in [1.807, 2.05) is 0 Å². The Bertz CT molecular complexity index is 501. The van der Waals surface area contributed by atoms with Gasteiger partial charge in [-0.25, -0.2) is 4.39 Å². The molecule has 3 N–H and O–H groups in total. The monoisotopic (exact) mass is 401 g/mol. The van der Waals surface area contributed by atoms with Gasteiger partial charge in [0.25, 0.3) is 0 Å². The van der Waals surface area contributed by atoms with Crippen LogP contribution in [-0.4, -0.2) is 12.0 Å². The van der Waals surface area contributed by atoms with Crippen LogP contribution in [0.2, 0.25) is 0 Å². The van der Waals surface area contributed by atoms with Gasteiger partial charge in [-0.2, -0.15) is 0 Å². The van der Waals surface area contributed by atoms with Crippen LogP contribution in [-0.2, 0) is 0 Å². The molecule has 0 aromatic heterocycles. The molecule has 0 amide bonds. The molecule has 1 atom stereocenters. The average Bonchev–Trinajstić information content (AvgIpc) is 2.47. The highest BCUT2D eigenvalue weighted by atomic mass is 127. The summed E-state index contributed by atoms with van der Waals surface area (Å²) in [5, 5.41) is 3.02. The minimum atomic E-state index is -0.386. The van der Waals surface area contributed by atoms with Crippen molar-refractivity contribution in [1.82, 2.24) is 5.32 Å². The lowest BCUT2D eigenvalue weighted by Crippen LogP contribution is -2.36. The SMILES string of the molecule is C#CC(NC(N)=NC1CCCCC1)c1ccc(F)cc1.I. The van der Waals surface area contributed by atoms with Crippen molar-refractivity contribution in [2.45, 2.75) is 44.2 Å². The molecule has 1 aliphatic carbocycles. The van der Waals surface area contributed by atoms with Crippen LogP contribution >= 0.6 is 24.0 Å². The van der Waals surface area contributed by atoms with E-state index in [4.69, 9.17) is 12.2 Å². The van der Waals surface area contributed by atoms with Crippen molar-refractivity contribution >= 4 is 29.9 Å². The van der Waals surface area contributed by atoms with Crippen molar-refractivity contribution in [3.8, 4) is 12.3 Å². The van der Waals surface area contributed by atoms with Gasteiger partial charge in [-0.15, -0.1) is 30.4 Å². The van der Waals surface area contributed by atoms with Gasteiger partial charge < -0.3 is 11.1 Å². The summed E-state index contributed by atoms with van der Waals surface area (Å²) in [5.74, 6) is 2.69. The Balaban J connectivity index is 0.00000220. The topological polar surface area (TPSA) is 50.4 Å². The van der Waals surface area contributed by atoms with E-state index in [0.717, 1.165) is 18.4 Å². The molecule has 3 nitrogen and oxygen atoms in total. The van der Waals surface area contributed by atoms with Gasteiger partial charge in [0.2, 0.25) is 0 Å². The quantitative estimate of drug-likeness (QED) is 0.353. The molecule has 1 saturated carbocycles. The zero-order valence-corrected chi connectivity index (χ0v) is 14.2. The number of terminal acetylenes is 1. The Labute approximate surface area is 142 Å². The molecule has 2 rings (SSSR count).